The van der Waals surface area contributed by atoms with Gasteiger partial charge in [0.05, 0.1) is 16.9 Å². The van der Waals surface area contributed by atoms with Crippen LogP contribution in [0.4, 0.5) is 11.5 Å². The number of anilines is 2. The van der Waals surface area contributed by atoms with Gasteiger partial charge >= 0.3 is 0 Å². The van der Waals surface area contributed by atoms with Crippen molar-refractivity contribution in [3.05, 3.63) is 29.4 Å². The van der Waals surface area contributed by atoms with E-state index in [2.05, 4.69) is 16.4 Å². The highest BCUT2D eigenvalue weighted by molar-refractivity contribution is 6.37. The van der Waals surface area contributed by atoms with Crippen LogP contribution in [0.2, 0.25) is 5.02 Å². The Hall–Kier alpha value is -1.48. The number of nitrogens with one attached hydrogen (secondary N) is 1. The van der Waals surface area contributed by atoms with Crippen LogP contribution in [0.15, 0.2) is 24.4 Å². The van der Waals surface area contributed by atoms with E-state index < -0.39 is 0 Å². The van der Waals surface area contributed by atoms with Crippen LogP contribution in [0, 0.1) is 0 Å². The lowest BCUT2D eigenvalue weighted by molar-refractivity contribution is 1.08. The van der Waals surface area contributed by atoms with Gasteiger partial charge in [-0.2, -0.15) is 0 Å². The second-order valence-electron chi connectivity index (χ2n) is 4.97. The molecule has 0 amide bonds. The molecular weight excluding hydrogens is 246 g/mol. The summed E-state index contributed by atoms with van der Waals surface area (Å²) in [5.41, 5.74) is 1.08. The number of rotatable bonds is 3. The van der Waals surface area contributed by atoms with Crippen LogP contribution >= 0.6 is 11.6 Å². The van der Waals surface area contributed by atoms with Gasteiger partial charge in [0.2, 0.25) is 0 Å². The average molecular weight is 262 g/mol. The van der Waals surface area contributed by atoms with E-state index in [1.165, 1.54) is 12.8 Å². The molecule has 1 aliphatic rings. The van der Waals surface area contributed by atoms with Crippen molar-refractivity contribution in [3.63, 3.8) is 0 Å². The van der Waals surface area contributed by atoms with Crippen molar-refractivity contribution in [2.24, 2.45) is 0 Å². The summed E-state index contributed by atoms with van der Waals surface area (Å²) in [4.78, 5) is 6.52. The zero-order chi connectivity index (χ0) is 12.7. The fourth-order valence-corrected chi connectivity index (χ4v) is 2.40. The Morgan fingerprint density at radius 2 is 2.11 bits per heavy atom. The third-order valence-electron chi connectivity index (χ3n) is 3.20. The topological polar surface area (TPSA) is 28.2 Å². The van der Waals surface area contributed by atoms with E-state index in [0.29, 0.717) is 6.04 Å². The average Bonchev–Trinajstić information content (AvgIpc) is 3.14. The second-order valence-corrected chi connectivity index (χ2v) is 5.38. The maximum absolute atomic E-state index is 6.34. The van der Waals surface area contributed by atoms with Gasteiger partial charge in [0.1, 0.15) is 5.82 Å². The molecule has 4 heteroatoms. The van der Waals surface area contributed by atoms with Gasteiger partial charge in [-0.15, -0.1) is 0 Å². The highest BCUT2D eigenvalue weighted by Gasteiger charge is 2.22. The number of hydrogen-bond acceptors (Lipinski definition) is 3. The van der Waals surface area contributed by atoms with E-state index in [9.17, 15) is 0 Å². The second kappa shape index (κ2) is 4.32. The Morgan fingerprint density at radius 1 is 1.33 bits per heavy atom. The molecule has 1 heterocycles. The summed E-state index contributed by atoms with van der Waals surface area (Å²) in [6.45, 7) is 0. The number of aromatic nitrogens is 1. The summed E-state index contributed by atoms with van der Waals surface area (Å²) in [5.74, 6) is 0.914. The number of nitrogens with zero attached hydrogens (tertiary/aromatic N) is 2. The minimum absolute atomic E-state index is 0.610. The van der Waals surface area contributed by atoms with E-state index in [1.807, 2.05) is 37.3 Å². The molecule has 94 valence electrons. The monoisotopic (exact) mass is 261 g/mol. The van der Waals surface area contributed by atoms with Crippen LogP contribution in [-0.2, 0) is 0 Å². The van der Waals surface area contributed by atoms with Crippen molar-refractivity contribution in [1.29, 1.82) is 0 Å². The van der Waals surface area contributed by atoms with Crippen molar-refractivity contribution < 1.29 is 0 Å². The van der Waals surface area contributed by atoms with Crippen molar-refractivity contribution in [2.45, 2.75) is 18.9 Å². The molecule has 1 aromatic heterocycles. The molecule has 0 saturated heterocycles. The van der Waals surface area contributed by atoms with Crippen LogP contribution in [0.25, 0.3) is 10.8 Å². The van der Waals surface area contributed by atoms with Gasteiger partial charge in [0.15, 0.2) is 0 Å². The van der Waals surface area contributed by atoms with Crippen molar-refractivity contribution >= 4 is 33.9 Å². The van der Waals surface area contributed by atoms with Crippen molar-refractivity contribution in [1.82, 2.24) is 4.98 Å². The Balaban J connectivity index is 2.21. The van der Waals surface area contributed by atoms with Crippen LogP contribution < -0.4 is 10.2 Å². The van der Waals surface area contributed by atoms with E-state index in [1.54, 1.807) is 0 Å². The van der Waals surface area contributed by atoms with E-state index in [-0.39, 0.29) is 0 Å². The minimum atomic E-state index is 0.610. The van der Waals surface area contributed by atoms with Gasteiger partial charge < -0.3 is 10.2 Å². The largest absolute Gasteiger partial charge is 0.381 e. The van der Waals surface area contributed by atoms with Gasteiger partial charge in [-0.1, -0.05) is 23.7 Å². The molecule has 1 saturated carbocycles. The zero-order valence-corrected chi connectivity index (χ0v) is 11.3. The maximum Gasteiger partial charge on any atom is 0.137 e. The molecule has 1 N–H and O–H groups in total. The summed E-state index contributed by atoms with van der Waals surface area (Å²) in [6, 6.07) is 6.61. The molecule has 0 bridgehead atoms. The van der Waals surface area contributed by atoms with E-state index in [0.717, 1.165) is 27.3 Å². The molecule has 0 atom stereocenters. The normalized spacial score (nSPS) is 14.8. The first-order valence-corrected chi connectivity index (χ1v) is 6.55. The summed E-state index contributed by atoms with van der Waals surface area (Å²) in [5, 5.41) is 6.43. The minimum Gasteiger partial charge on any atom is -0.381 e. The third-order valence-corrected chi connectivity index (χ3v) is 3.52. The quantitative estimate of drug-likeness (QED) is 0.916. The standard InChI is InChI=1S/C14H16ClN3/c1-18(2)14-13-10(4-3-5-11(13)15)12(8-16-14)17-9-6-7-9/h3-5,8-9,17H,6-7H2,1-2H3. The molecule has 3 rings (SSSR count). The molecule has 0 aliphatic heterocycles. The Bertz CT molecular complexity index is 591. The smallest absolute Gasteiger partial charge is 0.137 e. The molecule has 0 unspecified atom stereocenters. The SMILES string of the molecule is CN(C)c1ncc(NC2CC2)c2cccc(Cl)c12. The molecule has 1 aromatic carbocycles. The molecule has 1 aliphatic carbocycles. The predicted molar refractivity (Wildman–Crippen MR) is 77.7 cm³/mol. The molecule has 1 fully saturated rings. The molecule has 2 aromatic rings. The lowest BCUT2D eigenvalue weighted by Gasteiger charge is -2.17. The Kier molecular flexibility index (Phi) is 2.78. The highest BCUT2D eigenvalue weighted by Crippen LogP contribution is 2.36. The molecule has 3 nitrogen and oxygen atoms in total. The first-order chi connectivity index (χ1) is 8.66. The summed E-state index contributed by atoms with van der Waals surface area (Å²) in [7, 11) is 3.97. The van der Waals surface area contributed by atoms with Crippen LogP contribution in [-0.4, -0.2) is 25.1 Å². The zero-order valence-electron chi connectivity index (χ0n) is 10.6. The highest BCUT2D eigenvalue weighted by atomic mass is 35.5. The number of pyridine rings is 1. The van der Waals surface area contributed by atoms with Gasteiger partial charge in [0, 0.05) is 30.9 Å². The fourth-order valence-electron chi connectivity index (χ4n) is 2.14. The summed E-state index contributed by atoms with van der Waals surface area (Å²) >= 11 is 6.34. The maximum atomic E-state index is 6.34. The first kappa shape index (κ1) is 11.6. The Labute approximate surface area is 112 Å². The molecular formula is C14H16ClN3. The number of halogens is 1. The molecule has 0 spiro atoms. The van der Waals surface area contributed by atoms with Crippen LogP contribution in [0.1, 0.15) is 12.8 Å². The molecule has 18 heavy (non-hydrogen) atoms. The fraction of sp³-hybridized carbons (Fsp3) is 0.357. The van der Waals surface area contributed by atoms with Crippen LogP contribution in [0.5, 0.6) is 0 Å². The third kappa shape index (κ3) is 1.99. The van der Waals surface area contributed by atoms with Gasteiger partial charge in [-0.3, -0.25) is 0 Å². The summed E-state index contributed by atoms with van der Waals surface area (Å²) < 4.78 is 0. The Morgan fingerprint density at radius 3 is 2.78 bits per heavy atom. The van der Waals surface area contributed by atoms with Gasteiger partial charge in [-0.25, -0.2) is 4.98 Å². The molecule has 0 radical (unpaired) electrons. The predicted octanol–water partition coefficient (Wildman–Crippen LogP) is 3.53. The van der Waals surface area contributed by atoms with E-state index >= 15 is 0 Å². The van der Waals surface area contributed by atoms with Gasteiger partial charge in [0.25, 0.3) is 0 Å². The number of fused-ring (bicyclic) bond motifs is 1. The van der Waals surface area contributed by atoms with Crippen molar-refractivity contribution in [2.75, 3.05) is 24.3 Å². The van der Waals surface area contributed by atoms with E-state index in [4.69, 9.17) is 11.6 Å². The van der Waals surface area contributed by atoms with Crippen molar-refractivity contribution in [3.8, 4) is 0 Å². The summed E-state index contributed by atoms with van der Waals surface area (Å²) in [6.07, 6.45) is 4.40. The number of hydrogen-bond donors (Lipinski definition) is 1. The lowest BCUT2D eigenvalue weighted by Crippen LogP contribution is -2.12. The first-order valence-electron chi connectivity index (χ1n) is 6.18. The lowest BCUT2D eigenvalue weighted by atomic mass is 10.1. The number of benzene rings is 1. The van der Waals surface area contributed by atoms with Crippen LogP contribution in [0.3, 0.4) is 0 Å². The van der Waals surface area contributed by atoms with Gasteiger partial charge in [-0.05, 0) is 18.9 Å².